The fraction of sp³-hybridized carbons (Fsp3) is 0.556. The highest BCUT2D eigenvalue weighted by Crippen LogP contribution is 2.30. The molecule has 6 heteroatoms. The Balaban J connectivity index is 2.76. The van der Waals surface area contributed by atoms with Gasteiger partial charge in [-0.15, -0.1) is 0 Å². The number of hydrogen-bond acceptors (Lipinski definition) is 4. The Morgan fingerprint density at radius 3 is 2.25 bits per heavy atom. The summed E-state index contributed by atoms with van der Waals surface area (Å²) in [6.07, 6.45) is 0.874. The monoisotopic (exact) mass is 336 g/mol. The molecule has 24 heavy (non-hydrogen) atoms. The lowest BCUT2D eigenvalue weighted by molar-refractivity contribution is -0.138. The molecule has 0 atom stereocenters. The van der Waals surface area contributed by atoms with Crippen molar-refractivity contribution in [2.75, 3.05) is 26.1 Å². The van der Waals surface area contributed by atoms with Crippen LogP contribution in [0, 0.1) is 11.3 Å². The first-order valence-electron chi connectivity index (χ1n) is 8.04. The van der Waals surface area contributed by atoms with E-state index in [2.05, 4.69) is 24.5 Å². The number of hydrogen-bond donors (Lipinski definition) is 2. The lowest BCUT2D eigenvalue weighted by Gasteiger charge is -2.23. The highest BCUT2D eigenvalue weighted by atomic mass is 16.5. The molecule has 6 nitrogen and oxygen atoms in total. The van der Waals surface area contributed by atoms with Crippen LogP contribution in [0.3, 0.4) is 0 Å². The minimum Gasteiger partial charge on any atom is -0.493 e. The van der Waals surface area contributed by atoms with Crippen LogP contribution in [0.4, 0.5) is 5.69 Å². The summed E-state index contributed by atoms with van der Waals surface area (Å²) in [6, 6.07) is 5.06. The molecule has 0 aliphatic heterocycles. The molecule has 1 aromatic carbocycles. The molecule has 0 fully saturated rings. The zero-order chi connectivity index (χ0) is 18.3. The maximum atomic E-state index is 12.5. The average molecular weight is 336 g/mol. The van der Waals surface area contributed by atoms with Gasteiger partial charge in [-0.2, -0.15) is 0 Å². The molecule has 1 aromatic rings. The van der Waals surface area contributed by atoms with Crippen molar-refractivity contribution in [1.82, 2.24) is 5.32 Å². The molecule has 0 heterocycles. The molecule has 0 aliphatic rings. The fourth-order valence-corrected chi connectivity index (χ4v) is 2.00. The molecule has 0 saturated carbocycles. The molecule has 0 aromatic heterocycles. The summed E-state index contributed by atoms with van der Waals surface area (Å²) < 4.78 is 10.4. The van der Waals surface area contributed by atoms with E-state index in [1.54, 1.807) is 39.2 Å². The molecule has 0 saturated heterocycles. The Labute approximate surface area is 143 Å². The van der Waals surface area contributed by atoms with Gasteiger partial charge in [0.25, 0.3) is 0 Å². The largest absolute Gasteiger partial charge is 0.493 e. The number of anilines is 1. The molecule has 2 amide bonds. The first-order valence-corrected chi connectivity index (χ1v) is 8.04. The zero-order valence-corrected chi connectivity index (χ0v) is 15.4. The summed E-state index contributed by atoms with van der Waals surface area (Å²) in [7, 11) is 3.07. The quantitative estimate of drug-likeness (QED) is 0.716. The van der Waals surface area contributed by atoms with Crippen molar-refractivity contribution >= 4 is 17.5 Å². The predicted molar refractivity (Wildman–Crippen MR) is 94.4 cm³/mol. The lowest BCUT2D eigenvalue weighted by Crippen LogP contribution is -2.45. The number of ether oxygens (including phenoxy) is 2. The van der Waals surface area contributed by atoms with E-state index in [4.69, 9.17) is 9.47 Å². The molecular formula is C18H28N2O4. The van der Waals surface area contributed by atoms with E-state index < -0.39 is 5.41 Å². The van der Waals surface area contributed by atoms with Crippen molar-refractivity contribution in [2.24, 2.45) is 11.3 Å². The van der Waals surface area contributed by atoms with Crippen molar-refractivity contribution in [1.29, 1.82) is 0 Å². The van der Waals surface area contributed by atoms with E-state index >= 15 is 0 Å². The number of benzene rings is 1. The Morgan fingerprint density at radius 1 is 1.08 bits per heavy atom. The second-order valence-electron chi connectivity index (χ2n) is 6.59. The number of rotatable bonds is 8. The van der Waals surface area contributed by atoms with E-state index in [1.165, 1.54) is 7.11 Å². The number of amides is 2. The predicted octanol–water partition coefficient (Wildman–Crippen LogP) is 2.83. The maximum absolute atomic E-state index is 12.5. The highest BCUT2D eigenvalue weighted by molar-refractivity contribution is 6.09. The molecule has 0 radical (unpaired) electrons. The standard InChI is InChI=1S/C18H28N2O4/c1-12(2)9-10-19-16(21)18(3,4)17(22)20-13-7-8-14(23-5)15(11-13)24-6/h7-8,11-12H,9-10H2,1-6H3,(H,19,21)(H,20,22). The van der Waals surface area contributed by atoms with Crippen LogP contribution in [0.5, 0.6) is 11.5 Å². The topological polar surface area (TPSA) is 76.7 Å². The second kappa shape index (κ2) is 8.57. The van der Waals surface area contributed by atoms with Gasteiger partial charge in [0.05, 0.1) is 14.2 Å². The molecule has 2 N–H and O–H groups in total. The van der Waals surface area contributed by atoms with Gasteiger partial charge in [0, 0.05) is 18.3 Å². The third-order valence-corrected chi connectivity index (χ3v) is 3.78. The van der Waals surface area contributed by atoms with Gasteiger partial charge in [0.2, 0.25) is 11.8 Å². The van der Waals surface area contributed by atoms with E-state index in [1.807, 2.05) is 0 Å². The minimum absolute atomic E-state index is 0.291. The Bertz CT molecular complexity index is 582. The van der Waals surface area contributed by atoms with E-state index in [-0.39, 0.29) is 11.8 Å². The van der Waals surface area contributed by atoms with Crippen molar-refractivity contribution < 1.29 is 19.1 Å². The van der Waals surface area contributed by atoms with Crippen LogP contribution in [0.25, 0.3) is 0 Å². The van der Waals surface area contributed by atoms with Gasteiger partial charge in [-0.25, -0.2) is 0 Å². The first kappa shape index (κ1) is 19.8. The Kier molecular flexibility index (Phi) is 7.07. The smallest absolute Gasteiger partial charge is 0.239 e. The van der Waals surface area contributed by atoms with Gasteiger partial charge in [-0.3, -0.25) is 9.59 Å². The van der Waals surface area contributed by atoms with E-state index in [0.29, 0.717) is 29.6 Å². The number of carbonyl (C=O) groups is 2. The summed E-state index contributed by atoms with van der Waals surface area (Å²) in [5.41, 5.74) is -0.634. The minimum atomic E-state index is -1.18. The van der Waals surface area contributed by atoms with Crippen molar-refractivity contribution in [3.8, 4) is 11.5 Å². The lowest BCUT2D eigenvalue weighted by atomic mass is 9.90. The Hall–Kier alpha value is -2.24. The van der Waals surface area contributed by atoms with E-state index in [9.17, 15) is 9.59 Å². The van der Waals surface area contributed by atoms with Crippen molar-refractivity contribution in [3.63, 3.8) is 0 Å². The molecule has 0 bridgehead atoms. The maximum Gasteiger partial charge on any atom is 0.239 e. The van der Waals surface area contributed by atoms with Crippen LogP contribution in [0.2, 0.25) is 0 Å². The van der Waals surface area contributed by atoms with Gasteiger partial charge in [0.1, 0.15) is 5.41 Å². The average Bonchev–Trinajstić information content (AvgIpc) is 2.53. The van der Waals surface area contributed by atoms with Gasteiger partial charge >= 0.3 is 0 Å². The normalized spacial score (nSPS) is 11.1. The molecule has 0 unspecified atom stereocenters. The molecular weight excluding hydrogens is 308 g/mol. The summed E-state index contributed by atoms with van der Waals surface area (Å²) >= 11 is 0. The molecule has 0 aliphatic carbocycles. The van der Waals surface area contributed by atoms with Gasteiger partial charge in [0.15, 0.2) is 11.5 Å². The summed E-state index contributed by atoms with van der Waals surface area (Å²) in [6.45, 7) is 7.94. The van der Waals surface area contributed by atoms with Gasteiger partial charge < -0.3 is 20.1 Å². The third-order valence-electron chi connectivity index (χ3n) is 3.78. The van der Waals surface area contributed by atoms with Crippen molar-refractivity contribution in [2.45, 2.75) is 34.1 Å². The zero-order valence-electron chi connectivity index (χ0n) is 15.4. The van der Waals surface area contributed by atoms with Crippen LogP contribution in [-0.2, 0) is 9.59 Å². The van der Waals surface area contributed by atoms with Crippen LogP contribution >= 0.6 is 0 Å². The molecule has 0 spiro atoms. The van der Waals surface area contributed by atoms with Gasteiger partial charge in [-0.05, 0) is 38.3 Å². The van der Waals surface area contributed by atoms with E-state index in [0.717, 1.165) is 6.42 Å². The van der Waals surface area contributed by atoms with Crippen LogP contribution in [-0.4, -0.2) is 32.6 Å². The number of nitrogens with one attached hydrogen (secondary N) is 2. The van der Waals surface area contributed by atoms with Crippen molar-refractivity contribution in [3.05, 3.63) is 18.2 Å². The highest BCUT2D eigenvalue weighted by Gasteiger charge is 2.36. The first-order chi connectivity index (χ1) is 11.2. The SMILES string of the molecule is COc1ccc(NC(=O)C(C)(C)C(=O)NCCC(C)C)cc1OC. The third kappa shape index (κ3) is 5.15. The fourth-order valence-electron chi connectivity index (χ4n) is 2.00. The number of carbonyl (C=O) groups excluding carboxylic acids is 2. The summed E-state index contributed by atoms with van der Waals surface area (Å²) in [5.74, 6) is 0.905. The van der Waals surface area contributed by atoms with Crippen LogP contribution in [0.1, 0.15) is 34.1 Å². The van der Waals surface area contributed by atoms with Crippen LogP contribution in [0.15, 0.2) is 18.2 Å². The van der Waals surface area contributed by atoms with Crippen LogP contribution < -0.4 is 20.1 Å². The summed E-state index contributed by atoms with van der Waals surface area (Å²) in [4.78, 5) is 24.8. The Morgan fingerprint density at radius 2 is 1.71 bits per heavy atom. The molecule has 134 valence electrons. The molecule has 1 rings (SSSR count). The number of methoxy groups -OCH3 is 2. The summed E-state index contributed by atoms with van der Waals surface area (Å²) in [5, 5.41) is 5.57. The second-order valence-corrected chi connectivity index (χ2v) is 6.59. The van der Waals surface area contributed by atoms with Gasteiger partial charge in [-0.1, -0.05) is 13.8 Å².